The molecule has 6 heteroatoms. The maximum atomic E-state index is 12.8. The van der Waals surface area contributed by atoms with Crippen LogP contribution in [0.25, 0.3) is 0 Å². The number of esters is 3. The zero-order valence-corrected chi connectivity index (χ0v) is 42.9. The summed E-state index contributed by atoms with van der Waals surface area (Å²) in [6.45, 7) is 6.37. The van der Waals surface area contributed by atoms with Crippen molar-refractivity contribution < 1.29 is 28.6 Å². The van der Waals surface area contributed by atoms with Crippen molar-refractivity contribution in [1.29, 1.82) is 0 Å². The average molecular weight is 917 g/mol. The molecule has 1 atom stereocenters. The monoisotopic (exact) mass is 917 g/mol. The Labute approximate surface area is 407 Å². The summed E-state index contributed by atoms with van der Waals surface area (Å²) in [5.41, 5.74) is 0. The molecule has 0 saturated carbocycles. The van der Waals surface area contributed by atoms with E-state index in [0.717, 1.165) is 128 Å². The van der Waals surface area contributed by atoms with Gasteiger partial charge in [0.15, 0.2) is 6.10 Å². The van der Waals surface area contributed by atoms with Gasteiger partial charge in [-0.3, -0.25) is 14.4 Å². The number of carbonyl (C=O) groups excluding carboxylic acids is 3. The topological polar surface area (TPSA) is 78.9 Å². The lowest BCUT2D eigenvalue weighted by Gasteiger charge is -2.18. The van der Waals surface area contributed by atoms with Crippen LogP contribution in [0.4, 0.5) is 0 Å². The third kappa shape index (κ3) is 51.3. The van der Waals surface area contributed by atoms with E-state index in [-0.39, 0.29) is 31.1 Å². The molecule has 66 heavy (non-hydrogen) atoms. The van der Waals surface area contributed by atoms with Crippen LogP contribution in [0.5, 0.6) is 0 Å². The first-order valence-electron chi connectivity index (χ1n) is 27.2. The fraction of sp³-hybridized carbons (Fsp3) is 0.683. The number of hydrogen-bond acceptors (Lipinski definition) is 6. The van der Waals surface area contributed by atoms with E-state index in [1.165, 1.54) is 77.0 Å². The Morgan fingerprint density at radius 1 is 0.318 bits per heavy atom. The first kappa shape index (κ1) is 62.3. The molecule has 1 unspecified atom stereocenters. The molecule has 0 aromatic heterocycles. The maximum absolute atomic E-state index is 12.8. The van der Waals surface area contributed by atoms with Crippen molar-refractivity contribution in [3.8, 4) is 0 Å². The molecule has 0 aliphatic carbocycles. The van der Waals surface area contributed by atoms with Crippen LogP contribution in [0, 0.1) is 0 Å². The second kappa shape index (κ2) is 53.9. The maximum Gasteiger partial charge on any atom is 0.306 e. The zero-order valence-electron chi connectivity index (χ0n) is 42.9. The molecule has 0 aliphatic heterocycles. The van der Waals surface area contributed by atoms with Gasteiger partial charge in [0.05, 0.1) is 0 Å². The van der Waals surface area contributed by atoms with Crippen LogP contribution in [0.1, 0.15) is 245 Å². The standard InChI is InChI=1S/C60H100O6/c1-4-7-10-13-16-19-22-25-28-30-32-35-38-41-44-47-50-53-59(62)65-56-57(55-64-58(61)52-49-46-43-40-37-34-27-24-21-18-15-12-9-6-3)66-60(63)54-51-48-45-42-39-36-33-31-29-26-23-20-17-14-11-8-5-2/h7-8,10-11,16-17,19-20,24-29,32,35,57H,4-6,9,12-15,18,21-23,30-31,33-34,36-56H2,1-3H3/b10-7-,11-8-,19-16-,20-17-,27-24-,28-25-,29-26-,35-32-. The van der Waals surface area contributed by atoms with Gasteiger partial charge in [0.1, 0.15) is 13.2 Å². The molecule has 0 rings (SSSR count). The number of carbonyl (C=O) groups is 3. The largest absolute Gasteiger partial charge is 0.462 e. The molecular formula is C60H100O6. The highest BCUT2D eigenvalue weighted by atomic mass is 16.6. The number of ether oxygens (including phenoxy) is 3. The third-order valence-electron chi connectivity index (χ3n) is 11.3. The average Bonchev–Trinajstić information content (AvgIpc) is 3.31. The molecule has 0 fully saturated rings. The smallest absolute Gasteiger partial charge is 0.306 e. The van der Waals surface area contributed by atoms with Gasteiger partial charge in [0.2, 0.25) is 0 Å². The molecule has 0 aromatic carbocycles. The van der Waals surface area contributed by atoms with Crippen LogP contribution < -0.4 is 0 Å². The Kier molecular flexibility index (Phi) is 50.9. The van der Waals surface area contributed by atoms with Crippen molar-refractivity contribution in [1.82, 2.24) is 0 Å². The molecule has 0 radical (unpaired) electrons. The summed E-state index contributed by atoms with van der Waals surface area (Å²) >= 11 is 0. The molecule has 0 aliphatic rings. The fourth-order valence-electron chi connectivity index (χ4n) is 7.27. The molecule has 0 amide bonds. The summed E-state index contributed by atoms with van der Waals surface area (Å²) in [5.74, 6) is -0.937. The summed E-state index contributed by atoms with van der Waals surface area (Å²) in [6, 6.07) is 0. The molecular weight excluding hydrogens is 817 g/mol. The van der Waals surface area contributed by atoms with E-state index in [2.05, 4.69) is 118 Å². The zero-order chi connectivity index (χ0) is 47.9. The minimum Gasteiger partial charge on any atom is -0.462 e. The molecule has 0 heterocycles. The van der Waals surface area contributed by atoms with Gasteiger partial charge in [0, 0.05) is 19.3 Å². The Morgan fingerprint density at radius 2 is 0.591 bits per heavy atom. The Balaban J connectivity index is 4.47. The first-order valence-corrected chi connectivity index (χ1v) is 27.2. The molecule has 0 bridgehead atoms. The van der Waals surface area contributed by atoms with Gasteiger partial charge in [-0.2, -0.15) is 0 Å². The van der Waals surface area contributed by atoms with Crippen LogP contribution in [0.2, 0.25) is 0 Å². The fourth-order valence-corrected chi connectivity index (χ4v) is 7.27. The van der Waals surface area contributed by atoms with Gasteiger partial charge in [0.25, 0.3) is 0 Å². The summed E-state index contributed by atoms with van der Waals surface area (Å²) in [6.07, 6.45) is 71.0. The molecule has 0 N–H and O–H groups in total. The highest BCUT2D eigenvalue weighted by Gasteiger charge is 2.19. The van der Waals surface area contributed by atoms with Crippen LogP contribution >= 0.6 is 0 Å². The summed E-state index contributed by atoms with van der Waals surface area (Å²) in [5, 5.41) is 0. The number of hydrogen-bond donors (Lipinski definition) is 0. The second-order valence-electron chi connectivity index (χ2n) is 17.7. The van der Waals surface area contributed by atoms with Crippen molar-refractivity contribution in [3.05, 3.63) is 97.2 Å². The van der Waals surface area contributed by atoms with Crippen LogP contribution in [-0.2, 0) is 28.6 Å². The van der Waals surface area contributed by atoms with E-state index in [1.54, 1.807) is 0 Å². The van der Waals surface area contributed by atoms with Gasteiger partial charge in [-0.15, -0.1) is 0 Å². The highest BCUT2D eigenvalue weighted by molar-refractivity contribution is 5.71. The first-order chi connectivity index (χ1) is 32.5. The molecule has 0 spiro atoms. The van der Waals surface area contributed by atoms with Crippen molar-refractivity contribution in [3.63, 3.8) is 0 Å². The quantitative estimate of drug-likeness (QED) is 0.0262. The number of allylic oxidation sites excluding steroid dienone is 16. The SMILES string of the molecule is CC/C=C\C/C=C\C/C=C\C/C=C\CCCCCCC(=O)OCC(COC(=O)CCCCCCC/C=C\CCCCCCC)OC(=O)CCCCCCCCC/C=C\C/C=C\C/C=C\CC. The van der Waals surface area contributed by atoms with E-state index in [0.29, 0.717) is 19.3 Å². The van der Waals surface area contributed by atoms with Crippen LogP contribution in [-0.4, -0.2) is 37.2 Å². The second-order valence-corrected chi connectivity index (χ2v) is 17.7. The lowest BCUT2D eigenvalue weighted by atomic mass is 10.1. The molecule has 0 aromatic rings. The number of unbranched alkanes of at least 4 members (excludes halogenated alkanes) is 21. The molecule has 0 saturated heterocycles. The lowest BCUT2D eigenvalue weighted by Crippen LogP contribution is -2.30. The van der Waals surface area contributed by atoms with E-state index < -0.39 is 6.10 Å². The highest BCUT2D eigenvalue weighted by Crippen LogP contribution is 2.14. The van der Waals surface area contributed by atoms with Crippen LogP contribution in [0.15, 0.2) is 97.2 Å². The van der Waals surface area contributed by atoms with Gasteiger partial charge < -0.3 is 14.2 Å². The van der Waals surface area contributed by atoms with Crippen molar-refractivity contribution in [2.45, 2.75) is 252 Å². The molecule has 6 nitrogen and oxygen atoms in total. The Morgan fingerprint density at radius 3 is 0.939 bits per heavy atom. The summed E-state index contributed by atoms with van der Waals surface area (Å²) in [7, 11) is 0. The Hall–Kier alpha value is -3.67. The predicted molar refractivity (Wildman–Crippen MR) is 284 cm³/mol. The lowest BCUT2D eigenvalue weighted by molar-refractivity contribution is -0.167. The van der Waals surface area contributed by atoms with Gasteiger partial charge in [-0.1, -0.05) is 208 Å². The van der Waals surface area contributed by atoms with Crippen molar-refractivity contribution >= 4 is 17.9 Å². The minimum absolute atomic E-state index is 0.0946. The van der Waals surface area contributed by atoms with E-state index in [1.807, 2.05) is 0 Å². The summed E-state index contributed by atoms with van der Waals surface area (Å²) < 4.78 is 16.8. The molecule has 376 valence electrons. The number of rotatable bonds is 48. The normalized spacial score (nSPS) is 12.8. The minimum atomic E-state index is -0.797. The Bertz CT molecular complexity index is 1330. The van der Waals surface area contributed by atoms with E-state index in [4.69, 9.17) is 14.2 Å². The van der Waals surface area contributed by atoms with E-state index >= 15 is 0 Å². The van der Waals surface area contributed by atoms with Crippen molar-refractivity contribution in [2.75, 3.05) is 13.2 Å². The van der Waals surface area contributed by atoms with Gasteiger partial charge >= 0.3 is 17.9 Å². The van der Waals surface area contributed by atoms with E-state index in [9.17, 15) is 14.4 Å². The van der Waals surface area contributed by atoms with Crippen LogP contribution in [0.3, 0.4) is 0 Å². The predicted octanol–water partition coefficient (Wildman–Crippen LogP) is 18.1. The van der Waals surface area contributed by atoms with Gasteiger partial charge in [-0.05, 0) is 116 Å². The van der Waals surface area contributed by atoms with Crippen molar-refractivity contribution in [2.24, 2.45) is 0 Å². The third-order valence-corrected chi connectivity index (χ3v) is 11.3. The summed E-state index contributed by atoms with van der Waals surface area (Å²) in [4.78, 5) is 38.1. The van der Waals surface area contributed by atoms with Gasteiger partial charge in [-0.25, -0.2) is 0 Å².